The molecule has 0 spiro atoms. The first-order chi connectivity index (χ1) is 13.7. The largest absolute Gasteiger partial charge is 0.352 e. The van der Waals surface area contributed by atoms with Gasteiger partial charge in [-0.15, -0.1) is 0 Å². The Labute approximate surface area is 167 Å². The molecule has 0 bridgehead atoms. The number of likely N-dealkylation sites (tertiary alicyclic amines) is 1. The van der Waals surface area contributed by atoms with E-state index in [4.69, 9.17) is 0 Å². The number of pyridine rings is 1. The molecular formula is C21H31N7. The highest BCUT2D eigenvalue weighted by molar-refractivity contribution is 5.80. The molecule has 0 aromatic carbocycles. The van der Waals surface area contributed by atoms with Gasteiger partial charge in [-0.2, -0.15) is 0 Å². The van der Waals surface area contributed by atoms with Crippen LogP contribution in [0.2, 0.25) is 0 Å². The molecule has 0 amide bonds. The molecule has 1 aliphatic carbocycles. The van der Waals surface area contributed by atoms with E-state index >= 15 is 0 Å². The molecule has 0 radical (unpaired) electrons. The zero-order chi connectivity index (χ0) is 19.3. The number of aryl methyl sites for hydroxylation is 1. The molecule has 1 unspecified atom stereocenters. The van der Waals surface area contributed by atoms with Crippen LogP contribution >= 0.6 is 0 Å². The summed E-state index contributed by atoms with van der Waals surface area (Å²) in [5.74, 6) is 2.69. The van der Waals surface area contributed by atoms with Crippen LogP contribution in [-0.4, -0.2) is 57.6 Å². The minimum absolute atomic E-state index is 0.483. The topological polar surface area (TPSA) is 70.4 Å². The second-order valence-corrected chi connectivity index (χ2v) is 7.86. The third kappa shape index (κ3) is 4.35. The minimum atomic E-state index is 0.483. The lowest BCUT2D eigenvalue weighted by molar-refractivity contribution is 0.242. The van der Waals surface area contributed by atoms with E-state index in [9.17, 15) is 0 Å². The molecule has 7 nitrogen and oxygen atoms in total. The lowest BCUT2D eigenvalue weighted by Crippen LogP contribution is -2.45. The fourth-order valence-corrected chi connectivity index (χ4v) is 4.36. The van der Waals surface area contributed by atoms with Gasteiger partial charge in [-0.25, -0.2) is 9.97 Å². The summed E-state index contributed by atoms with van der Waals surface area (Å²) < 4.78 is 1.98. The predicted octanol–water partition coefficient (Wildman–Crippen LogP) is 2.26. The molecule has 1 aliphatic heterocycles. The molecule has 3 heterocycles. The van der Waals surface area contributed by atoms with E-state index in [2.05, 4.69) is 36.6 Å². The average Bonchev–Trinajstić information content (AvgIpc) is 3.47. The maximum Gasteiger partial charge on any atom is 0.191 e. The molecule has 2 N–H and O–H groups in total. The third-order valence-electron chi connectivity index (χ3n) is 5.97. The first-order valence-corrected chi connectivity index (χ1v) is 10.4. The number of hydrogen-bond acceptors (Lipinski definition) is 4. The van der Waals surface area contributed by atoms with Gasteiger partial charge in [0.25, 0.3) is 0 Å². The lowest BCUT2D eigenvalue weighted by Gasteiger charge is -2.24. The van der Waals surface area contributed by atoms with E-state index < -0.39 is 0 Å². The molecule has 2 aromatic heterocycles. The monoisotopic (exact) mass is 381 g/mol. The summed E-state index contributed by atoms with van der Waals surface area (Å²) in [6, 6.07) is 5.42. The zero-order valence-electron chi connectivity index (χ0n) is 16.9. The number of hydrogen-bond donors (Lipinski definition) is 2. The Morgan fingerprint density at radius 1 is 1.21 bits per heavy atom. The number of aliphatic imine (C=N–C) groups is 1. The number of nitrogens with zero attached hydrogens (tertiary/aromatic N) is 5. The van der Waals surface area contributed by atoms with Gasteiger partial charge in [0.05, 0.1) is 0 Å². The van der Waals surface area contributed by atoms with Gasteiger partial charge in [-0.05, 0) is 37.8 Å². The Kier molecular flexibility index (Phi) is 5.90. The van der Waals surface area contributed by atoms with Crippen LogP contribution in [0.25, 0.3) is 5.82 Å². The Morgan fingerprint density at radius 3 is 2.75 bits per heavy atom. The van der Waals surface area contributed by atoms with E-state index in [1.165, 1.54) is 38.6 Å². The lowest BCUT2D eigenvalue weighted by atomic mass is 10.2. The Bertz CT molecular complexity index is 789. The first-order valence-electron chi connectivity index (χ1n) is 10.4. The highest BCUT2D eigenvalue weighted by atomic mass is 15.3. The van der Waals surface area contributed by atoms with Gasteiger partial charge in [0.15, 0.2) is 5.96 Å². The number of aromatic nitrogens is 3. The minimum Gasteiger partial charge on any atom is -0.352 e. The third-order valence-corrected chi connectivity index (χ3v) is 5.97. The molecule has 7 heteroatoms. The maximum absolute atomic E-state index is 4.56. The summed E-state index contributed by atoms with van der Waals surface area (Å²) in [7, 11) is 1.84. The van der Waals surface area contributed by atoms with Gasteiger partial charge in [0.1, 0.15) is 11.6 Å². The van der Waals surface area contributed by atoms with Crippen LogP contribution in [0.3, 0.4) is 0 Å². The van der Waals surface area contributed by atoms with Gasteiger partial charge in [-0.1, -0.05) is 18.9 Å². The molecular weight excluding hydrogens is 350 g/mol. The molecule has 1 atom stereocenters. The van der Waals surface area contributed by atoms with Crippen LogP contribution < -0.4 is 10.6 Å². The van der Waals surface area contributed by atoms with Gasteiger partial charge in [-0.3, -0.25) is 14.5 Å². The number of rotatable bonds is 5. The molecule has 150 valence electrons. The Hall–Kier alpha value is -2.41. The van der Waals surface area contributed by atoms with E-state index in [0.29, 0.717) is 12.6 Å². The standard InChI is InChI=1S/C21H31N7/c1-16-23-10-12-28(16)20-8-7-17(13-24-20)14-25-21(22-2)26-18-9-11-27(15-18)19-5-3-4-6-19/h7-8,10,12-13,18-19H,3-6,9,11,14-15H2,1-2H3,(H2,22,25,26). The van der Waals surface area contributed by atoms with Crippen molar-refractivity contribution in [3.05, 3.63) is 42.1 Å². The van der Waals surface area contributed by atoms with Gasteiger partial charge in [0.2, 0.25) is 0 Å². The fraction of sp³-hybridized carbons (Fsp3) is 0.571. The highest BCUT2D eigenvalue weighted by Gasteiger charge is 2.30. The highest BCUT2D eigenvalue weighted by Crippen LogP contribution is 2.26. The Morgan fingerprint density at radius 2 is 2.07 bits per heavy atom. The van der Waals surface area contributed by atoms with Crippen LogP contribution in [0.5, 0.6) is 0 Å². The second-order valence-electron chi connectivity index (χ2n) is 7.86. The smallest absolute Gasteiger partial charge is 0.191 e. The summed E-state index contributed by atoms with van der Waals surface area (Å²) in [6.07, 6.45) is 12.4. The number of nitrogens with one attached hydrogen (secondary N) is 2. The van der Waals surface area contributed by atoms with Crippen LogP contribution in [0.4, 0.5) is 0 Å². The maximum atomic E-state index is 4.56. The SMILES string of the molecule is CN=C(NCc1ccc(-n2ccnc2C)nc1)NC1CCN(C2CCCC2)C1. The molecule has 4 rings (SSSR count). The van der Waals surface area contributed by atoms with Crippen LogP contribution in [0.15, 0.2) is 35.7 Å². The number of imidazole rings is 1. The van der Waals surface area contributed by atoms with Gasteiger partial charge >= 0.3 is 0 Å². The summed E-state index contributed by atoms with van der Waals surface area (Å²) in [4.78, 5) is 15.9. The molecule has 2 aliphatic rings. The fourth-order valence-electron chi connectivity index (χ4n) is 4.36. The molecule has 1 saturated carbocycles. The predicted molar refractivity (Wildman–Crippen MR) is 112 cm³/mol. The average molecular weight is 382 g/mol. The van der Waals surface area contributed by atoms with E-state index in [1.54, 1.807) is 6.20 Å². The van der Waals surface area contributed by atoms with Crippen molar-refractivity contribution < 1.29 is 0 Å². The van der Waals surface area contributed by atoms with Crippen molar-refractivity contribution in [3.8, 4) is 5.82 Å². The van der Waals surface area contributed by atoms with Gasteiger partial charge in [0, 0.05) is 57.4 Å². The normalized spacial score (nSPS) is 21.4. The van der Waals surface area contributed by atoms with Crippen molar-refractivity contribution in [1.82, 2.24) is 30.1 Å². The zero-order valence-corrected chi connectivity index (χ0v) is 16.9. The molecule has 1 saturated heterocycles. The van der Waals surface area contributed by atoms with Crippen molar-refractivity contribution in [2.24, 2.45) is 4.99 Å². The summed E-state index contributed by atoms with van der Waals surface area (Å²) in [5, 5.41) is 7.02. The number of guanidine groups is 1. The quantitative estimate of drug-likeness (QED) is 0.614. The van der Waals surface area contributed by atoms with Crippen molar-refractivity contribution >= 4 is 5.96 Å². The summed E-state index contributed by atoms with van der Waals surface area (Å²) >= 11 is 0. The summed E-state index contributed by atoms with van der Waals surface area (Å²) in [6.45, 7) is 5.02. The molecule has 28 heavy (non-hydrogen) atoms. The van der Waals surface area contributed by atoms with Gasteiger partial charge < -0.3 is 10.6 Å². The van der Waals surface area contributed by atoms with Crippen molar-refractivity contribution in [1.29, 1.82) is 0 Å². The van der Waals surface area contributed by atoms with Crippen molar-refractivity contribution in [2.45, 2.75) is 57.7 Å². The first kappa shape index (κ1) is 18.9. The van der Waals surface area contributed by atoms with Crippen LogP contribution in [0.1, 0.15) is 43.5 Å². The van der Waals surface area contributed by atoms with E-state index in [0.717, 1.165) is 35.8 Å². The van der Waals surface area contributed by atoms with Crippen molar-refractivity contribution in [2.75, 3.05) is 20.1 Å². The van der Waals surface area contributed by atoms with Crippen molar-refractivity contribution in [3.63, 3.8) is 0 Å². The molecule has 2 aromatic rings. The second kappa shape index (κ2) is 8.73. The Balaban J connectivity index is 1.27. The van der Waals surface area contributed by atoms with Crippen LogP contribution in [0, 0.1) is 6.92 Å². The van der Waals surface area contributed by atoms with E-state index in [1.807, 2.05) is 37.0 Å². The van der Waals surface area contributed by atoms with Crippen LogP contribution in [-0.2, 0) is 6.54 Å². The van der Waals surface area contributed by atoms with E-state index in [-0.39, 0.29) is 0 Å². The molecule has 2 fully saturated rings. The summed E-state index contributed by atoms with van der Waals surface area (Å²) in [5.41, 5.74) is 1.13.